The Balaban J connectivity index is 3.22. The molecule has 4 nitrogen and oxygen atoms in total. The number of aliphatic hydroxyl groups is 1. The third-order valence-corrected chi connectivity index (χ3v) is 2.11. The van der Waals surface area contributed by atoms with Crippen molar-refractivity contribution in [1.29, 1.82) is 0 Å². The van der Waals surface area contributed by atoms with Crippen molar-refractivity contribution in [3.05, 3.63) is 0 Å². The van der Waals surface area contributed by atoms with Gasteiger partial charge in [-0.15, -0.1) is 0 Å². The van der Waals surface area contributed by atoms with Crippen LogP contribution in [-0.2, 0) is 4.79 Å². The lowest BCUT2D eigenvalue weighted by molar-refractivity contribution is -0.120. The number of carbonyl (C=O) groups excluding carboxylic acids is 1. The molecule has 0 aliphatic heterocycles. The largest absolute Gasteiger partial charge is 0.396 e. The van der Waals surface area contributed by atoms with Gasteiger partial charge < -0.3 is 15.7 Å². The summed E-state index contributed by atoms with van der Waals surface area (Å²) in [5.41, 5.74) is 0. The summed E-state index contributed by atoms with van der Waals surface area (Å²) in [6, 6.07) is 0. The second-order valence-corrected chi connectivity index (χ2v) is 3.63. The van der Waals surface area contributed by atoms with E-state index in [9.17, 15) is 4.79 Å². The topological polar surface area (TPSA) is 61.4 Å². The summed E-state index contributed by atoms with van der Waals surface area (Å²) in [5, 5.41) is 14.5. The Morgan fingerprint density at radius 1 is 1.43 bits per heavy atom. The summed E-state index contributed by atoms with van der Waals surface area (Å²) in [4.78, 5) is 11.1. The third kappa shape index (κ3) is 8.01. The van der Waals surface area contributed by atoms with Gasteiger partial charge in [0.1, 0.15) is 0 Å². The smallest absolute Gasteiger partial charge is 0.221 e. The van der Waals surface area contributed by atoms with Crippen molar-refractivity contribution in [3.63, 3.8) is 0 Å². The molecule has 0 radical (unpaired) electrons. The molecule has 0 aliphatic carbocycles. The predicted octanol–water partition coefficient (Wildman–Crippen LogP) is 0.121. The Bertz CT molecular complexity index is 151. The standard InChI is InChI=1S/C10H22N2O2/c1-9(8-13)4-3-6-12-10(14)5-7-11-2/h9,11,13H,3-8H2,1-2H3,(H,12,14). The zero-order valence-corrected chi connectivity index (χ0v) is 9.18. The van der Waals surface area contributed by atoms with Crippen molar-refractivity contribution in [1.82, 2.24) is 10.6 Å². The molecule has 0 bridgehead atoms. The van der Waals surface area contributed by atoms with E-state index in [0.717, 1.165) is 19.4 Å². The van der Waals surface area contributed by atoms with Crippen LogP contribution in [0.2, 0.25) is 0 Å². The van der Waals surface area contributed by atoms with Crippen LogP contribution in [0.25, 0.3) is 0 Å². The first kappa shape index (κ1) is 13.4. The summed E-state index contributed by atoms with van der Waals surface area (Å²) in [6.45, 7) is 3.67. The molecule has 1 atom stereocenters. The van der Waals surface area contributed by atoms with Crippen LogP contribution in [0.1, 0.15) is 26.2 Å². The van der Waals surface area contributed by atoms with E-state index in [1.54, 1.807) is 0 Å². The molecule has 1 amide bonds. The number of nitrogens with one attached hydrogen (secondary N) is 2. The quantitative estimate of drug-likeness (QED) is 0.490. The molecule has 0 spiro atoms. The van der Waals surface area contributed by atoms with Crippen LogP contribution in [0.15, 0.2) is 0 Å². The average molecular weight is 202 g/mol. The second kappa shape index (κ2) is 8.97. The zero-order chi connectivity index (χ0) is 10.8. The molecule has 0 saturated heterocycles. The van der Waals surface area contributed by atoms with Gasteiger partial charge in [-0.05, 0) is 25.8 Å². The lowest BCUT2D eigenvalue weighted by atomic mass is 10.1. The Morgan fingerprint density at radius 3 is 2.71 bits per heavy atom. The van der Waals surface area contributed by atoms with Crippen molar-refractivity contribution < 1.29 is 9.90 Å². The van der Waals surface area contributed by atoms with E-state index >= 15 is 0 Å². The lowest BCUT2D eigenvalue weighted by Gasteiger charge is -2.08. The fraction of sp³-hybridized carbons (Fsp3) is 0.900. The normalized spacial score (nSPS) is 12.5. The highest BCUT2D eigenvalue weighted by Gasteiger charge is 2.01. The maximum Gasteiger partial charge on any atom is 0.221 e. The Labute approximate surface area is 86.1 Å². The van der Waals surface area contributed by atoms with E-state index in [0.29, 0.717) is 18.9 Å². The number of hydrogen-bond acceptors (Lipinski definition) is 3. The third-order valence-electron chi connectivity index (χ3n) is 2.11. The van der Waals surface area contributed by atoms with Gasteiger partial charge in [0.2, 0.25) is 5.91 Å². The molecule has 0 rings (SSSR count). The molecule has 84 valence electrons. The molecular formula is C10H22N2O2. The maximum absolute atomic E-state index is 11.1. The Kier molecular flexibility index (Phi) is 8.57. The van der Waals surface area contributed by atoms with Crippen molar-refractivity contribution in [2.45, 2.75) is 26.2 Å². The van der Waals surface area contributed by atoms with Crippen LogP contribution >= 0.6 is 0 Å². The monoisotopic (exact) mass is 202 g/mol. The van der Waals surface area contributed by atoms with Crippen LogP contribution in [0, 0.1) is 5.92 Å². The van der Waals surface area contributed by atoms with Crippen LogP contribution in [-0.4, -0.2) is 37.8 Å². The minimum absolute atomic E-state index is 0.0935. The van der Waals surface area contributed by atoms with Gasteiger partial charge in [-0.1, -0.05) is 6.92 Å². The molecule has 0 aliphatic rings. The van der Waals surface area contributed by atoms with Gasteiger partial charge in [-0.3, -0.25) is 4.79 Å². The van der Waals surface area contributed by atoms with Gasteiger partial charge in [-0.25, -0.2) is 0 Å². The molecule has 0 saturated carbocycles. The minimum Gasteiger partial charge on any atom is -0.396 e. The van der Waals surface area contributed by atoms with Gasteiger partial charge in [0.15, 0.2) is 0 Å². The Morgan fingerprint density at radius 2 is 2.14 bits per heavy atom. The van der Waals surface area contributed by atoms with Gasteiger partial charge >= 0.3 is 0 Å². The van der Waals surface area contributed by atoms with Crippen LogP contribution in [0.3, 0.4) is 0 Å². The summed E-state index contributed by atoms with van der Waals surface area (Å²) in [5.74, 6) is 0.431. The highest BCUT2D eigenvalue weighted by Crippen LogP contribution is 2.02. The number of hydrogen-bond donors (Lipinski definition) is 3. The fourth-order valence-corrected chi connectivity index (χ4v) is 1.10. The molecule has 0 heterocycles. The fourth-order valence-electron chi connectivity index (χ4n) is 1.10. The number of aliphatic hydroxyl groups excluding tert-OH is 1. The average Bonchev–Trinajstić information content (AvgIpc) is 2.21. The number of amides is 1. The molecule has 4 heteroatoms. The molecule has 0 aromatic heterocycles. The predicted molar refractivity (Wildman–Crippen MR) is 57.0 cm³/mol. The number of carbonyl (C=O) groups is 1. The van der Waals surface area contributed by atoms with Crippen LogP contribution in [0.5, 0.6) is 0 Å². The van der Waals surface area contributed by atoms with Crippen molar-refractivity contribution in [3.8, 4) is 0 Å². The molecule has 3 N–H and O–H groups in total. The molecule has 14 heavy (non-hydrogen) atoms. The summed E-state index contributed by atoms with van der Waals surface area (Å²) < 4.78 is 0. The highest BCUT2D eigenvalue weighted by molar-refractivity contribution is 5.75. The van der Waals surface area contributed by atoms with Gasteiger partial charge in [0.05, 0.1) is 0 Å². The van der Waals surface area contributed by atoms with E-state index in [1.807, 2.05) is 14.0 Å². The molecule has 0 aromatic rings. The van der Waals surface area contributed by atoms with Crippen molar-refractivity contribution >= 4 is 5.91 Å². The summed E-state index contributed by atoms with van der Waals surface area (Å²) in [7, 11) is 1.83. The molecule has 0 fully saturated rings. The maximum atomic E-state index is 11.1. The van der Waals surface area contributed by atoms with Crippen molar-refractivity contribution in [2.75, 3.05) is 26.7 Å². The van der Waals surface area contributed by atoms with Crippen LogP contribution in [0.4, 0.5) is 0 Å². The Hall–Kier alpha value is -0.610. The van der Waals surface area contributed by atoms with E-state index < -0.39 is 0 Å². The van der Waals surface area contributed by atoms with Gasteiger partial charge in [-0.2, -0.15) is 0 Å². The molecule has 1 unspecified atom stereocenters. The van der Waals surface area contributed by atoms with E-state index in [1.165, 1.54) is 0 Å². The second-order valence-electron chi connectivity index (χ2n) is 3.63. The van der Waals surface area contributed by atoms with E-state index in [2.05, 4.69) is 10.6 Å². The molecule has 0 aromatic carbocycles. The molecular weight excluding hydrogens is 180 g/mol. The highest BCUT2D eigenvalue weighted by atomic mass is 16.3. The minimum atomic E-state index is 0.0935. The first-order chi connectivity index (χ1) is 6.70. The van der Waals surface area contributed by atoms with E-state index in [-0.39, 0.29) is 12.5 Å². The summed E-state index contributed by atoms with van der Waals surface area (Å²) >= 11 is 0. The van der Waals surface area contributed by atoms with Gasteiger partial charge in [0.25, 0.3) is 0 Å². The van der Waals surface area contributed by atoms with Crippen molar-refractivity contribution in [2.24, 2.45) is 5.92 Å². The van der Waals surface area contributed by atoms with E-state index in [4.69, 9.17) is 5.11 Å². The summed E-state index contributed by atoms with van der Waals surface area (Å²) in [6.07, 6.45) is 2.43. The first-order valence-electron chi connectivity index (χ1n) is 5.22. The number of rotatable bonds is 8. The SMILES string of the molecule is CNCCC(=O)NCCCC(C)CO. The lowest BCUT2D eigenvalue weighted by Crippen LogP contribution is -2.27. The van der Waals surface area contributed by atoms with Gasteiger partial charge in [0, 0.05) is 26.1 Å². The first-order valence-corrected chi connectivity index (χ1v) is 5.22. The zero-order valence-electron chi connectivity index (χ0n) is 9.18. The van der Waals surface area contributed by atoms with Crippen LogP contribution < -0.4 is 10.6 Å².